The van der Waals surface area contributed by atoms with Crippen molar-refractivity contribution in [2.24, 2.45) is 5.73 Å². The van der Waals surface area contributed by atoms with E-state index in [4.69, 9.17) is 49.5 Å². The van der Waals surface area contributed by atoms with Gasteiger partial charge in [0.2, 0.25) is 11.9 Å². The van der Waals surface area contributed by atoms with Crippen LogP contribution < -0.4 is 20.5 Å². The third kappa shape index (κ3) is 11.0. The Balaban J connectivity index is 1.27. The van der Waals surface area contributed by atoms with Gasteiger partial charge < -0.3 is 43.7 Å². The average Bonchev–Trinajstić information content (AvgIpc) is 4.09. The minimum absolute atomic E-state index is 0.0752. The molecule has 5 heterocycles. The molecule has 2 amide bonds. The van der Waals surface area contributed by atoms with E-state index in [1.54, 1.807) is 52.9 Å². The van der Waals surface area contributed by atoms with Gasteiger partial charge in [-0.3, -0.25) is 33.9 Å². The molecule has 0 fully saturated rings. The number of nitrogens with two attached hydrogens (primary N) is 1. The third-order valence-electron chi connectivity index (χ3n) is 10.8. The molecule has 5 aromatic heterocycles. The van der Waals surface area contributed by atoms with E-state index in [1.807, 2.05) is 55.2 Å². The standard InChI is InChI=1S/C47H55N11O10/c1-6-57-36(21-29(3)53-57)44-49-27-34-33-25-32(43(48)62)26-39(67-15-10-14-64-5)41(33)55(45(34)51-44)12-8-9-13-56-42-35(50-47(56)52-46(63)37-22-30(4)54-58(37)7-2)23-31(28-59)24-38(42)68-20-19-66-18-17-65-16-11-40(60)61/h8-9,21-28H,6-7,10-20H2,1-5H3,(H2,48,62)(H,60,61)(H,50,52,63)/b9-8+. The Labute approximate surface area is 390 Å². The van der Waals surface area contributed by atoms with Crippen LogP contribution >= 0.6 is 0 Å². The van der Waals surface area contributed by atoms with Crippen LogP contribution in [0.3, 0.4) is 0 Å². The zero-order valence-electron chi connectivity index (χ0n) is 38.7. The molecular weight excluding hydrogens is 879 g/mol. The van der Waals surface area contributed by atoms with Crippen molar-refractivity contribution in [3.63, 3.8) is 0 Å². The predicted molar refractivity (Wildman–Crippen MR) is 251 cm³/mol. The number of aryl methyl sites for hydroxylation is 4. The normalized spacial score (nSPS) is 11.7. The molecule has 0 atom stereocenters. The molecule has 0 aliphatic carbocycles. The van der Waals surface area contributed by atoms with Crippen LogP contribution in [0.5, 0.6) is 11.5 Å². The minimum atomic E-state index is -0.947. The number of carbonyl (C=O) groups excluding carboxylic acids is 3. The Kier molecular flexibility index (Phi) is 15.9. The first-order chi connectivity index (χ1) is 32.9. The number of anilines is 1. The van der Waals surface area contributed by atoms with E-state index in [2.05, 4.69) is 15.5 Å². The lowest BCUT2D eigenvalue weighted by molar-refractivity contribution is -0.138. The molecule has 0 saturated carbocycles. The number of fused-ring (bicyclic) bond motifs is 4. The smallest absolute Gasteiger partial charge is 0.305 e. The number of carboxylic acids is 1. The summed E-state index contributed by atoms with van der Waals surface area (Å²) in [5.74, 6) is -0.569. The van der Waals surface area contributed by atoms with E-state index in [-0.39, 0.29) is 64.1 Å². The Morgan fingerprint density at radius 2 is 1.47 bits per heavy atom. The maximum absolute atomic E-state index is 13.9. The molecule has 2 aromatic carbocycles. The number of nitrogens with one attached hydrogen (secondary N) is 1. The number of rotatable bonds is 26. The Hall–Kier alpha value is -7.49. The van der Waals surface area contributed by atoms with Crippen molar-refractivity contribution in [3.05, 3.63) is 83.0 Å². The fraction of sp³-hybridized carbons (Fsp3) is 0.383. The topological polar surface area (TPSA) is 257 Å². The van der Waals surface area contributed by atoms with Gasteiger partial charge in [-0.15, -0.1) is 0 Å². The predicted octanol–water partition coefficient (Wildman–Crippen LogP) is 5.37. The highest BCUT2D eigenvalue weighted by atomic mass is 16.5. The minimum Gasteiger partial charge on any atom is -0.491 e. The van der Waals surface area contributed by atoms with Crippen LogP contribution in [0.15, 0.2) is 54.7 Å². The molecular formula is C47H55N11O10. The Bertz CT molecular complexity index is 2980. The molecule has 21 heteroatoms. The number of hydrogen-bond donors (Lipinski definition) is 3. The maximum Gasteiger partial charge on any atom is 0.305 e. The van der Waals surface area contributed by atoms with E-state index in [1.165, 1.54) is 0 Å². The summed E-state index contributed by atoms with van der Waals surface area (Å²) in [6.45, 7) is 10.7. The van der Waals surface area contributed by atoms with E-state index < -0.39 is 17.8 Å². The Morgan fingerprint density at radius 1 is 0.779 bits per heavy atom. The van der Waals surface area contributed by atoms with Gasteiger partial charge >= 0.3 is 5.97 Å². The van der Waals surface area contributed by atoms with Crippen LogP contribution in [0.25, 0.3) is 44.5 Å². The summed E-state index contributed by atoms with van der Waals surface area (Å²) >= 11 is 0. The maximum atomic E-state index is 13.9. The second-order valence-corrected chi connectivity index (χ2v) is 15.6. The van der Waals surface area contributed by atoms with Crippen LogP contribution in [0, 0.1) is 13.8 Å². The second-order valence-electron chi connectivity index (χ2n) is 15.6. The fourth-order valence-electron chi connectivity index (χ4n) is 7.76. The van der Waals surface area contributed by atoms with Gasteiger partial charge in [0.15, 0.2) is 5.82 Å². The summed E-state index contributed by atoms with van der Waals surface area (Å²) in [6, 6.07) is 10.2. The molecule has 68 heavy (non-hydrogen) atoms. The van der Waals surface area contributed by atoms with Gasteiger partial charge in [0.25, 0.3) is 5.91 Å². The number of aromatic nitrogens is 9. The van der Waals surface area contributed by atoms with Crippen molar-refractivity contribution in [2.45, 2.75) is 66.7 Å². The second kappa shape index (κ2) is 22.3. The highest BCUT2D eigenvalue weighted by Crippen LogP contribution is 2.37. The van der Waals surface area contributed by atoms with Crippen LogP contribution in [-0.2, 0) is 45.2 Å². The zero-order valence-corrected chi connectivity index (χ0v) is 38.7. The number of aldehydes is 1. The largest absolute Gasteiger partial charge is 0.491 e. The molecule has 4 N–H and O–H groups in total. The zero-order chi connectivity index (χ0) is 48.3. The SMILES string of the molecule is CCn1nc(C)cc1C(=O)Nc1nc2cc(C=O)cc(OCCOCCOCCC(=O)O)c2n1C/C=C/Cn1c2nc(-c3cc(C)nn3CC)ncc2c2cc(C(N)=O)cc(OCCCOC)c21. The molecule has 7 rings (SSSR count). The van der Waals surface area contributed by atoms with Crippen molar-refractivity contribution in [1.29, 1.82) is 0 Å². The van der Waals surface area contributed by atoms with Crippen molar-refractivity contribution in [2.75, 3.05) is 58.7 Å². The first kappa shape index (κ1) is 48.4. The van der Waals surface area contributed by atoms with Gasteiger partial charge in [-0.05, 0) is 64.1 Å². The highest BCUT2D eigenvalue weighted by Gasteiger charge is 2.23. The molecule has 0 radical (unpaired) electrons. The van der Waals surface area contributed by atoms with Gasteiger partial charge in [0, 0.05) is 74.4 Å². The van der Waals surface area contributed by atoms with E-state index in [9.17, 15) is 19.2 Å². The number of nitrogens with zero attached hydrogens (tertiary/aromatic N) is 9. The summed E-state index contributed by atoms with van der Waals surface area (Å²) in [5.41, 5.74) is 11.2. The van der Waals surface area contributed by atoms with E-state index in [0.29, 0.717) is 106 Å². The first-order valence-corrected chi connectivity index (χ1v) is 22.2. The number of primary amides is 1. The van der Waals surface area contributed by atoms with Gasteiger partial charge in [0.1, 0.15) is 46.9 Å². The molecule has 0 bridgehead atoms. The number of carbonyl (C=O) groups is 4. The summed E-state index contributed by atoms with van der Waals surface area (Å²) in [6.07, 6.45) is 6.77. The van der Waals surface area contributed by atoms with E-state index in [0.717, 1.165) is 11.4 Å². The molecule has 0 saturated heterocycles. The lowest BCUT2D eigenvalue weighted by Crippen LogP contribution is -2.20. The monoisotopic (exact) mass is 933 g/mol. The summed E-state index contributed by atoms with van der Waals surface area (Å²) in [5, 5.41) is 22.2. The molecule has 0 aliphatic heterocycles. The first-order valence-electron chi connectivity index (χ1n) is 22.2. The van der Waals surface area contributed by atoms with Crippen LogP contribution in [-0.4, -0.2) is 126 Å². The van der Waals surface area contributed by atoms with Gasteiger partial charge in [0.05, 0.1) is 61.9 Å². The molecule has 0 spiro atoms. The number of ether oxygens (including phenoxy) is 5. The molecule has 7 aromatic rings. The molecule has 358 valence electrons. The number of allylic oxidation sites excluding steroid dienone is 2. The lowest BCUT2D eigenvalue weighted by Gasteiger charge is -2.13. The fourth-order valence-corrected chi connectivity index (χ4v) is 7.76. The van der Waals surface area contributed by atoms with Crippen molar-refractivity contribution < 1.29 is 48.0 Å². The molecule has 21 nitrogen and oxygen atoms in total. The highest BCUT2D eigenvalue weighted by molar-refractivity contribution is 6.12. The number of imidazole rings is 1. The number of methoxy groups -OCH3 is 1. The van der Waals surface area contributed by atoms with Crippen molar-refractivity contribution >= 4 is 63.0 Å². The quantitative estimate of drug-likeness (QED) is 0.0350. The number of carboxylic acid groups (broad SMARTS) is 1. The van der Waals surface area contributed by atoms with Gasteiger partial charge in [-0.2, -0.15) is 10.2 Å². The number of hydrogen-bond acceptors (Lipinski definition) is 14. The number of benzene rings is 2. The van der Waals surface area contributed by atoms with Gasteiger partial charge in [-0.25, -0.2) is 15.0 Å². The van der Waals surface area contributed by atoms with Crippen LogP contribution in [0.1, 0.15) is 69.3 Å². The van der Waals surface area contributed by atoms with Crippen molar-refractivity contribution in [3.8, 4) is 23.0 Å². The van der Waals surface area contributed by atoms with Gasteiger partial charge in [-0.1, -0.05) is 12.2 Å². The number of amides is 2. The molecule has 0 unspecified atom stereocenters. The van der Waals surface area contributed by atoms with Crippen LogP contribution in [0.2, 0.25) is 0 Å². The lowest BCUT2D eigenvalue weighted by atomic mass is 10.1. The van der Waals surface area contributed by atoms with E-state index >= 15 is 0 Å². The Morgan fingerprint density at radius 3 is 2.19 bits per heavy atom. The average molecular weight is 934 g/mol. The summed E-state index contributed by atoms with van der Waals surface area (Å²) in [7, 11) is 1.62. The van der Waals surface area contributed by atoms with Crippen molar-refractivity contribution in [1.82, 2.24) is 43.6 Å². The molecule has 0 aliphatic rings. The number of aliphatic carboxylic acids is 1. The third-order valence-corrected chi connectivity index (χ3v) is 10.8. The summed E-state index contributed by atoms with van der Waals surface area (Å²) < 4.78 is 36.0. The summed E-state index contributed by atoms with van der Waals surface area (Å²) in [4.78, 5) is 64.1. The van der Waals surface area contributed by atoms with Crippen LogP contribution in [0.4, 0.5) is 5.95 Å².